The van der Waals surface area contributed by atoms with Gasteiger partial charge >= 0.3 is 0 Å². The number of carbonyl (C=O) groups excluding carboxylic acids is 1. The van der Waals surface area contributed by atoms with Crippen LogP contribution in [0, 0.1) is 5.92 Å². The van der Waals surface area contributed by atoms with Crippen molar-refractivity contribution in [3.8, 4) is 0 Å². The zero-order valence-corrected chi connectivity index (χ0v) is 15.0. The number of carbonyl (C=O) groups is 1. The first-order chi connectivity index (χ1) is 11.6. The van der Waals surface area contributed by atoms with E-state index >= 15 is 0 Å². The van der Waals surface area contributed by atoms with Gasteiger partial charge in [-0.2, -0.15) is 5.10 Å². The largest absolute Gasteiger partial charge is 0.348 e. The van der Waals surface area contributed by atoms with Gasteiger partial charge in [-0.05, 0) is 31.6 Å². The standard InChI is InChI=1S/C18H29N3O3/c1-4-15-14(11-19-21(15)12-13(2)3)17(22)20-8-6-5-7-16(20)18-23-9-10-24-18/h11,13,16,18H,4-10,12H2,1-3H3. The molecule has 0 spiro atoms. The predicted molar refractivity (Wildman–Crippen MR) is 90.8 cm³/mol. The Bertz CT molecular complexity index is 564. The number of piperidine rings is 1. The number of aromatic nitrogens is 2. The fourth-order valence-electron chi connectivity index (χ4n) is 3.71. The van der Waals surface area contributed by atoms with Crippen LogP contribution in [0.2, 0.25) is 0 Å². The van der Waals surface area contributed by atoms with Crippen molar-refractivity contribution in [2.24, 2.45) is 5.92 Å². The molecule has 0 aromatic carbocycles. The second-order valence-electron chi connectivity index (χ2n) is 7.11. The Morgan fingerprint density at radius 3 is 2.75 bits per heavy atom. The van der Waals surface area contributed by atoms with Gasteiger partial charge in [-0.25, -0.2) is 0 Å². The van der Waals surface area contributed by atoms with Crippen LogP contribution in [-0.2, 0) is 22.4 Å². The molecule has 1 atom stereocenters. The Labute approximate surface area is 144 Å². The molecule has 2 saturated heterocycles. The maximum absolute atomic E-state index is 13.2. The maximum Gasteiger partial charge on any atom is 0.257 e. The van der Waals surface area contributed by atoms with Crippen molar-refractivity contribution in [2.75, 3.05) is 19.8 Å². The summed E-state index contributed by atoms with van der Waals surface area (Å²) < 4.78 is 13.4. The van der Waals surface area contributed by atoms with E-state index < -0.39 is 0 Å². The third-order valence-electron chi connectivity index (χ3n) is 4.82. The van der Waals surface area contributed by atoms with Gasteiger partial charge in [0.05, 0.1) is 36.7 Å². The van der Waals surface area contributed by atoms with E-state index in [9.17, 15) is 4.79 Å². The van der Waals surface area contributed by atoms with Gasteiger partial charge in [-0.15, -0.1) is 0 Å². The molecule has 0 saturated carbocycles. The van der Waals surface area contributed by atoms with Crippen molar-refractivity contribution in [1.82, 2.24) is 14.7 Å². The van der Waals surface area contributed by atoms with E-state index in [1.807, 2.05) is 9.58 Å². The summed E-state index contributed by atoms with van der Waals surface area (Å²) in [4.78, 5) is 15.2. The molecule has 1 aromatic heterocycles. The van der Waals surface area contributed by atoms with Crippen LogP contribution in [0.1, 0.15) is 56.1 Å². The van der Waals surface area contributed by atoms with Gasteiger partial charge < -0.3 is 14.4 Å². The fourth-order valence-corrected chi connectivity index (χ4v) is 3.71. The molecule has 2 aliphatic rings. The number of nitrogens with zero attached hydrogens (tertiary/aromatic N) is 3. The van der Waals surface area contributed by atoms with Crippen molar-refractivity contribution < 1.29 is 14.3 Å². The third-order valence-corrected chi connectivity index (χ3v) is 4.82. The quantitative estimate of drug-likeness (QED) is 0.829. The first-order valence-corrected chi connectivity index (χ1v) is 9.20. The summed E-state index contributed by atoms with van der Waals surface area (Å²) >= 11 is 0. The first-order valence-electron chi connectivity index (χ1n) is 9.20. The van der Waals surface area contributed by atoms with Gasteiger partial charge in [0.2, 0.25) is 0 Å². The minimum absolute atomic E-state index is 0.0203. The summed E-state index contributed by atoms with van der Waals surface area (Å²) in [5.74, 6) is 0.576. The number of hydrogen-bond acceptors (Lipinski definition) is 4. The second-order valence-corrected chi connectivity index (χ2v) is 7.11. The van der Waals surface area contributed by atoms with Crippen LogP contribution >= 0.6 is 0 Å². The zero-order valence-electron chi connectivity index (χ0n) is 15.0. The molecule has 1 amide bonds. The van der Waals surface area contributed by atoms with Gasteiger partial charge in [0.1, 0.15) is 0 Å². The summed E-state index contributed by atoms with van der Waals surface area (Å²) in [6, 6.07) is 0.0203. The number of ether oxygens (including phenoxy) is 2. The molecule has 134 valence electrons. The number of likely N-dealkylation sites (tertiary alicyclic amines) is 1. The Balaban J connectivity index is 1.82. The lowest BCUT2D eigenvalue weighted by molar-refractivity contribution is -0.100. The van der Waals surface area contributed by atoms with Crippen LogP contribution in [0.5, 0.6) is 0 Å². The van der Waals surface area contributed by atoms with E-state index in [0.717, 1.165) is 50.0 Å². The van der Waals surface area contributed by atoms with E-state index in [0.29, 0.717) is 19.1 Å². The van der Waals surface area contributed by atoms with Crippen LogP contribution in [0.4, 0.5) is 0 Å². The van der Waals surface area contributed by atoms with Crippen molar-refractivity contribution in [3.05, 3.63) is 17.5 Å². The number of hydrogen-bond donors (Lipinski definition) is 0. The minimum atomic E-state index is -0.273. The van der Waals surface area contributed by atoms with E-state index in [1.165, 1.54) is 0 Å². The van der Waals surface area contributed by atoms with Gasteiger partial charge in [-0.1, -0.05) is 20.8 Å². The average molecular weight is 335 g/mol. The summed E-state index contributed by atoms with van der Waals surface area (Å²) in [5, 5.41) is 4.47. The Morgan fingerprint density at radius 2 is 2.08 bits per heavy atom. The average Bonchev–Trinajstić information content (AvgIpc) is 3.23. The Hall–Kier alpha value is -1.40. The molecular weight excluding hydrogens is 306 g/mol. The highest BCUT2D eigenvalue weighted by Crippen LogP contribution is 2.27. The molecule has 3 rings (SSSR count). The molecular formula is C18H29N3O3. The first kappa shape index (κ1) is 17.4. The lowest BCUT2D eigenvalue weighted by Gasteiger charge is -2.38. The second kappa shape index (κ2) is 7.66. The van der Waals surface area contributed by atoms with Gasteiger partial charge in [0.15, 0.2) is 6.29 Å². The summed E-state index contributed by atoms with van der Waals surface area (Å²) in [6.07, 6.45) is 5.37. The van der Waals surface area contributed by atoms with E-state index in [4.69, 9.17) is 9.47 Å². The molecule has 0 aliphatic carbocycles. The van der Waals surface area contributed by atoms with Crippen LogP contribution in [-0.4, -0.2) is 52.7 Å². The third kappa shape index (κ3) is 3.49. The Morgan fingerprint density at radius 1 is 1.33 bits per heavy atom. The van der Waals surface area contributed by atoms with Crippen molar-refractivity contribution >= 4 is 5.91 Å². The highest BCUT2D eigenvalue weighted by molar-refractivity contribution is 5.95. The molecule has 1 aromatic rings. The van der Waals surface area contributed by atoms with Crippen molar-refractivity contribution in [2.45, 2.75) is 65.3 Å². The zero-order chi connectivity index (χ0) is 17.1. The van der Waals surface area contributed by atoms with E-state index in [2.05, 4.69) is 25.9 Å². The lowest BCUT2D eigenvalue weighted by atomic mass is 10.00. The highest BCUT2D eigenvalue weighted by atomic mass is 16.7. The van der Waals surface area contributed by atoms with Crippen LogP contribution < -0.4 is 0 Å². The van der Waals surface area contributed by atoms with E-state index in [1.54, 1.807) is 6.20 Å². The monoisotopic (exact) mass is 335 g/mol. The predicted octanol–water partition coefficient (Wildman–Crippen LogP) is 2.47. The molecule has 24 heavy (non-hydrogen) atoms. The summed E-state index contributed by atoms with van der Waals surface area (Å²) in [5.41, 5.74) is 1.77. The molecule has 0 N–H and O–H groups in total. The topological polar surface area (TPSA) is 56.6 Å². The lowest BCUT2D eigenvalue weighted by Crippen LogP contribution is -2.50. The Kier molecular flexibility index (Phi) is 5.56. The molecule has 0 bridgehead atoms. The van der Waals surface area contributed by atoms with Crippen molar-refractivity contribution in [3.63, 3.8) is 0 Å². The van der Waals surface area contributed by atoms with Gasteiger partial charge in [0.25, 0.3) is 5.91 Å². The van der Waals surface area contributed by atoms with Crippen LogP contribution in [0.15, 0.2) is 6.20 Å². The normalized spacial score (nSPS) is 22.5. The van der Waals surface area contributed by atoms with Crippen LogP contribution in [0.3, 0.4) is 0 Å². The van der Waals surface area contributed by atoms with E-state index in [-0.39, 0.29) is 18.2 Å². The molecule has 1 unspecified atom stereocenters. The molecule has 3 heterocycles. The van der Waals surface area contributed by atoms with Crippen molar-refractivity contribution in [1.29, 1.82) is 0 Å². The van der Waals surface area contributed by atoms with Gasteiger partial charge in [0, 0.05) is 13.1 Å². The molecule has 2 fully saturated rings. The number of rotatable bonds is 5. The maximum atomic E-state index is 13.2. The van der Waals surface area contributed by atoms with Crippen LogP contribution in [0.25, 0.3) is 0 Å². The molecule has 6 heteroatoms. The highest BCUT2D eigenvalue weighted by Gasteiger charge is 2.37. The summed E-state index contributed by atoms with van der Waals surface area (Å²) in [6.45, 7) is 9.27. The molecule has 2 aliphatic heterocycles. The minimum Gasteiger partial charge on any atom is -0.348 e. The summed E-state index contributed by atoms with van der Waals surface area (Å²) in [7, 11) is 0. The fraction of sp³-hybridized carbons (Fsp3) is 0.778. The smallest absolute Gasteiger partial charge is 0.257 e. The van der Waals surface area contributed by atoms with Gasteiger partial charge in [-0.3, -0.25) is 9.48 Å². The SMILES string of the molecule is CCc1c(C(=O)N2CCCCC2C2OCCO2)cnn1CC(C)C. The number of amides is 1. The molecule has 6 nitrogen and oxygen atoms in total. The molecule has 0 radical (unpaired) electrons.